The first-order valence-electron chi connectivity index (χ1n) is 11.3. The number of methoxy groups -OCH3 is 1. The van der Waals surface area contributed by atoms with Crippen molar-refractivity contribution in [1.82, 2.24) is 4.72 Å². The quantitative estimate of drug-likeness (QED) is 0.326. The SMILES string of the molecule is COc1ccc(S(C)(=O)(O)NCC2CCC(c3ccc(Cl)cc3Cl)N(c3ccc(Cl)cc3)C2)cc1. The maximum Gasteiger partial charge on any atom is 0.118 e. The van der Waals surface area contributed by atoms with Crippen molar-refractivity contribution in [3.05, 3.63) is 87.4 Å². The minimum atomic E-state index is -4.23. The summed E-state index contributed by atoms with van der Waals surface area (Å²) in [6.45, 7) is 1.07. The molecule has 1 saturated heterocycles. The third-order valence-electron chi connectivity index (χ3n) is 6.49. The second-order valence-corrected chi connectivity index (χ2v) is 13.7. The second kappa shape index (κ2) is 10.3. The van der Waals surface area contributed by atoms with Gasteiger partial charge in [-0.3, -0.25) is 4.55 Å². The van der Waals surface area contributed by atoms with E-state index in [0.29, 0.717) is 38.8 Å². The highest BCUT2D eigenvalue weighted by atomic mass is 35.5. The Kier molecular flexibility index (Phi) is 7.72. The van der Waals surface area contributed by atoms with Crippen molar-refractivity contribution in [3.8, 4) is 5.75 Å². The predicted octanol–water partition coefficient (Wildman–Crippen LogP) is 7.10. The summed E-state index contributed by atoms with van der Waals surface area (Å²) in [6.07, 6.45) is 3.06. The molecule has 0 aromatic heterocycles. The van der Waals surface area contributed by atoms with Gasteiger partial charge in [-0.05, 0) is 85.0 Å². The lowest BCUT2D eigenvalue weighted by atomic mass is 9.88. The molecule has 0 amide bonds. The molecule has 35 heavy (non-hydrogen) atoms. The number of benzene rings is 3. The normalized spacial score (nSPS) is 19.7. The first kappa shape index (κ1) is 26.3. The van der Waals surface area contributed by atoms with Crippen LogP contribution in [0.25, 0.3) is 0 Å². The van der Waals surface area contributed by atoms with Crippen molar-refractivity contribution in [1.29, 1.82) is 0 Å². The molecule has 188 valence electrons. The monoisotopic (exact) mass is 554 g/mol. The number of halogens is 3. The van der Waals surface area contributed by atoms with E-state index in [2.05, 4.69) is 9.62 Å². The molecule has 2 unspecified atom stereocenters. The van der Waals surface area contributed by atoms with Crippen LogP contribution in [0.4, 0.5) is 5.69 Å². The number of nitrogens with zero attached hydrogens (tertiary/aromatic N) is 1. The van der Waals surface area contributed by atoms with Gasteiger partial charge in [-0.2, -0.15) is 4.21 Å². The number of anilines is 1. The third kappa shape index (κ3) is 6.13. The van der Waals surface area contributed by atoms with E-state index in [1.165, 1.54) is 6.26 Å². The van der Waals surface area contributed by atoms with Crippen molar-refractivity contribution in [3.63, 3.8) is 0 Å². The first-order chi connectivity index (χ1) is 16.5. The van der Waals surface area contributed by atoms with Gasteiger partial charge in [0.25, 0.3) is 0 Å². The van der Waals surface area contributed by atoms with Crippen molar-refractivity contribution < 1.29 is 13.5 Å². The summed E-state index contributed by atoms with van der Waals surface area (Å²) >= 11 is 18.9. The summed E-state index contributed by atoms with van der Waals surface area (Å²) < 4.78 is 32.8. The van der Waals surface area contributed by atoms with E-state index in [-0.39, 0.29) is 12.0 Å². The summed E-state index contributed by atoms with van der Waals surface area (Å²) in [4.78, 5) is 2.62. The van der Waals surface area contributed by atoms with Gasteiger partial charge in [0.15, 0.2) is 0 Å². The van der Waals surface area contributed by atoms with Gasteiger partial charge < -0.3 is 9.64 Å². The highest BCUT2D eigenvalue weighted by Gasteiger charge is 2.33. The van der Waals surface area contributed by atoms with Gasteiger partial charge in [-0.25, -0.2) is 4.72 Å². The van der Waals surface area contributed by atoms with Crippen LogP contribution in [0, 0.1) is 5.92 Å². The van der Waals surface area contributed by atoms with E-state index in [1.807, 2.05) is 36.4 Å². The molecule has 1 heterocycles. The molecular weight excluding hydrogens is 527 g/mol. The van der Waals surface area contributed by atoms with Gasteiger partial charge in [-0.1, -0.05) is 40.9 Å². The average molecular weight is 556 g/mol. The molecule has 3 aromatic rings. The highest BCUT2D eigenvalue weighted by Crippen LogP contribution is 2.41. The van der Waals surface area contributed by atoms with Gasteiger partial charge in [0.2, 0.25) is 0 Å². The van der Waals surface area contributed by atoms with E-state index < -0.39 is 9.53 Å². The molecule has 3 aromatic carbocycles. The number of ether oxygens (including phenoxy) is 1. The molecule has 1 fully saturated rings. The molecule has 0 bridgehead atoms. The number of hydrogen-bond donors (Lipinski definition) is 2. The lowest BCUT2D eigenvalue weighted by Crippen LogP contribution is -2.50. The first-order valence-corrected chi connectivity index (χ1v) is 14.8. The maximum absolute atomic E-state index is 13.5. The third-order valence-corrected chi connectivity index (χ3v) is 9.53. The topological polar surface area (TPSA) is 61.8 Å². The summed E-state index contributed by atoms with van der Waals surface area (Å²) in [7, 11) is -2.67. The zero-order valence-corrected chi connectivity index (χ0v) is 22.7. The van der Waals surface area contributed by atoms with Crippen molar-refractivity contribution in [2.45, 2.75) is 23.8 Å². The molecule has 1 aliphatic rings. The Labute approximate surface area is 221 Å². The highest BCUT2D eigenvalue weighted by molar-refractivity contribution is 8.12. The number of hydrogen-bond acceptors (Lipinski definition) is 3. The molecule has 0 aliphatic carbocycles. The smallest absolute Gasteiger partial charge is 0.118 e. The molecule has 0 saturated carbocycles. The largest absolute Gasteiger partial charge is 0.497 e. The van der Waals surface area contributed by atoms with Crippen molar-refractivity contribution in [2.24, 2.45) is 5.92 Å². The Balaban J connectivity index is 1.55. The van der Waals surface area contributed by atoms with Crippen LogP contribution in [-0.4, -0.2) is 35.2 Å². The van der Waals surface area contributed by atoms with Crippen molar-refractivity contribution >= 4 is 50.0 Å². The van der Waals surface area contributed by atoms with E-state index >= 15 is 0 Å². The molecule has 0 spiro atoms. The zero-order chi connectivity index (χ0) is 25.2. The van der Waals surface area contributed by atoms with Gasteiger partial charge >= 0.3 is 0 Å². The molecule has 0 radical (unpaired) electrons. The van der Waals surface area contributed by atoms with Crippen LogP contribution in [-0.2, 0) is 9.53 Å². The van der Waals surface area contributed by atoms with E-state index in [1.54, 1.807) is 37.4 Å². The van der Waals surface area contributed by atoms with Gasteiger partial charge in [0.05, 0.1) is 18.0 Å². The number of piperidine rings is 1. The van der Waals surface area contributed by atoms with E-state index in [0.717, 1.165) is 24.1 Å². The molecule has 4 rings (SSSR count). The summed E-state index contributed by atoms with van der Waals surface area (Å²) in [5.41, 5.74) is 2.03. The maximum atomic E-state index is 13.5. The number of nitrogens with one attached hydrogen (secondary N) is 1. The minimum Gasteiger partial charge on any atom is -0.497 e. The standard InChI is InChI=1S/C26H29Cl3N2O3S/c1-34-22-9-11-23(12-10-22)35(2,32,33)30-16-18-3-14-26(24-13-6-20(28)15-25(24)29)31(17-18)21-7-4-19(27)5-8-21/h4-13,15,18,26H,3,14,16-17H2,1-2H3,(H2,30,32,33). The Morgan fingerprint density at radius 1 is 1.00 bits per heavy atom. The van der Waals surface area contributed by atoms with Gasteiger partial charge in [0.1, 0.15) is 5.75 Å². The Bertz CT molecular complexity index is 1250. The van der Waals surface area contributed by atoms with Crippen LogP contribution in [0.1, 0.15) is 24.4 Å². The molecule has 9 heteroatoms. The second-order valence-electron chi connectivity index (χ2n) is 9.06. The fourth-order valence-electron chi connectivity index (χ4n) is 4.52. The number of rotatable bonds is 7. The van der Waals surface area contributed by atoms with E-state index in [4.69, 9.17) is 39.5 Å². The predicted molar refractivity (Wildman–Crippen MR) is 147 cm³/mol. The van der Waals surface area contributed by atoms with Crippen LogP contribution in [0.5, 0.6) is 5.75 Å². The van der Waals surface area contributed by atoms with Crippen LogP contribution < -0.4 is 14.4 Å². The summed E-state index contributed by atoms with van der Waals surface area (Å²) in [5.74, 6) is 0.775. The Hall–Kier alpha value is -1.80. The fourth-order valence-corrected chi connectivity index (χ4v) is 6.75. The summed E-state index contributed by atoms with van der Waals surface area (Å²) in [5, 5.41) is 1.89. The fraction of sp³-hybridized carbons (Fsp3) is 0.308. The Morgan fingerprint density at radius 2 is 1.66 bits per heavy atom. The lowest BCUT2D eigenvalue weighted by molar-refractivity contribution is 0.354. The van der Waals surface area contributed by atoms with Crippen molar-refractivity contribution in [2.75, 3.05) is 31.4 Å². The van der Waals surface area contributed by atoms with Crippen LogP contribution in [0.3, 0.4) is 0 Å². The molecular formula is C26H29Cl3N2O3S. The molecule has 5 nitrogen and oxygen atoms in total. The van der Waals surface area contributed by atoms with Gasteiger partial charge in [-0.15, -0.1) is 9.53 Å². The van der Waals surface area contributed by atoms with Crippen LogP contribution >= 0.6 is 34.8 Å². The minimum absolute atomic E-state index is 0.0510. The lowest BCUT2D eigenvalue weighted by Gasteiger charge is -2.45. The zero-order valence-electron chi connectivity index (χ0n) is 19.6. The molecule has 1 aliphatic heterocycles. The Morgan fingerprint density at radius 3 is 2.29 bits per heavy atom. The van der Waals surface area contributed by atoms with E-state index in [9.17, 15) is 8.76 Å². The van der Waals surface area contributed by atoms with Crippen LogP contribution in [0.2, 0.25) is 15.1 Å². The van der Waals surface area contributed by atoms with Crippen LogP contribution in [0.15, 0.2) is 71.6 Å². The average Bonchev–Trinajstić information content (AvgIpc) is 2.83. The molecule has 2 atom stereocenters. The van der Waals surface area contributed by atoms with Gasteiger partial charge in [0, 0.05) is 40.1 Å². The molecule has 2 N–H and O–H groups in total. The summed E-state index contributed by atoms with van der Waals surface area (Å²) in [6, 6.07) is 20.0.